The molecule has 0 radical (unpaired) electrons. The van der Waals surface area contributed by atoms with Gasteiger partial charge in [0, 0.05) is 12.0 Å². The van der Waals surface area contributed by atoms with Crippen LogP contribution in [0.15, 0.2) is 24.3 Å². The third-order valence-corrected chi connectivity index (χ3v) is 2.71. The molecule has 1 fully saturated rings. The highest BCUT2D eigenvalue weighted by atomic mass is 19.4. The van der Waals surface area contributed by atoms with E-state index in [4.69, 9.17) is 0 Å². The summed E-state index contributed by atoms with van der Waals surface area (Å²) in [6.07, 6.45) is -1.75. The molecular formula is C12H11F3O. The standard InChI is InChI=1S/C12H11F3O/c13-12(14,15)10-5-3-9(4-6-10)11(16)7-8-1-2-8/h3-6,8H,1-2,7H2. The number of hydrogen-bond donors (Lipinski definition) is 0. The summed E-state index contributed by atoms with van der Waals surface area (Å²) in [5.41, 5.74) is -0.338. The Morgan fingerprint density at radius 2 is 1.75 bits per heavy atom. The maximum Gasteiger partial charge on any atom is 0.416 e. The van der Waals surface area contributed by atoms with Crippen molar-refractivity contribution in [2.24, 2.45) is 5.92 Å². The van der Waals surface area contributed by atoms with Crippen LogP contribution in [0.5, 0.6) is 0 Å². The second-order valence-electron chi connectivity index (χ2n) is 4.15. The summed E-state index contributed by atoms with van der Waals surface area (Å²) in [7, 11) is 0. The van der Waals surface area contributed by atoms with Crippen molar-refractivity contribution < 1.29 is 18.0 Å². The summed E-state index contributed by atoms with van der Waals surface area (Å²) in [5.74, 6) is 0.394. The van der Waals surface area contributed by atoms with Gasteiger partial charge in [-0.25, -0.2) is 0 Å². The molecule has 1 aliphatic rings. The van der Waals surface area contributed by atoms with Crippen LogP contribution in [0.4, 0.5) is 13.2 Å². The Morgan fingerprint density at radius 1 is 1.19 bits per heavy atom. The van der Waals surface area contributed by atoms with Gasteiger partial charge in [-0.05, 0) is 30.9 Å². The quantitative estimate of drug-likeness (QED) is 0.721. The lowest BCUT2D eigenvalue weighted by Crippen LogP contribution is -2.06. The number of benzene rings is 1. The van der Waals surface area contributed by atoms with E-state index in [0.717, 1.165) is 25.0 Å². The molecule has 0 heterocycles. The summed E-state index contributed by atoms with van der Waals surface area (Å²) >= 11 is 0. The summed E-state index contributed by atoms with van der Waals surface area (Å²) in [6, 6.07) is 4.43. The summed E-state index contributed by atoms with van der Waals surface area (Å²) < 4.78 is 36.8. The van der Waals surface area contributed by atoms with Crippen molar-refractivity contribution in [1.29, 1.82) is 0 Å². The van der Waals surface area contributed by atoms with Crippen LogP contribution >= 0.6 is 0 Å². The minimum absolute atomic E-state index is 0.0591. The molecule has 1 nitrogen and oxygen atoms in total. The zero-order valence-electron chi connectivity index (χ0n) is 8.55. The number of halogens is 3. The van der Waals surface area contributed by atoms with Gasteiger partial charge in [-0.1, -0.05) is 12.1 Å². The van der Waals surface area contributed by atoms with Gasteiger partial charge in [-0.3, -0.25) is 4.79 Å². The molecule has 1 aromatic carbocycles. The first-order valence-electron chi connectivity index (χ1n) is 5.17. The Bertz CT molecular complexity index is 388. The van der Waals surface area contributed by atoms with E-state index in [-0.39, 0.29) is 5.78 Å². The predicted octanol–water partition coefficient (Wildman–Crippen LogP) is 3.69. The molecule has 0 atom stereocenters. The number of Topliss-reactive ketones (excluding diaryl/α,β-unsaturated/α-hetero) is 1. The van der Waals surface area contributed by atoms with E-state index in [1.807, 2.05) is 0 Å². The molecule has 16 heavy (non-hydrogen) atoms. The van der Waals surface area contributed by atoms with Crippen molar-refractivity contribution >= 4 is 5.78 Å². The summed E-state index contributed by atoms with van der Waals surface area (Å²) in [5, 5.41) is 0. The zero-order valence-corrected chi connectivity index (χ0v) is 8.55. The van der Waals surface area contributed by atoms with Gasteiger partial charge in [0.05, 0.1) is 5.56 Å². The van der Waals surface area contributed by atoms with E-state index in [9.17, 15) is 18.0 Å². The number of ketones is 1. The van der Waals surface area contributed by atoms with Crippen molar-refractivity contribution in [2.75, 3.05) is 0 Å². The number of alkyl halides is 3. The molecule has 1 aromatic rings. The van der Waals surface area contributed by atoms with E-state index in [2.05, 4.69) is 0 Å². The first-order chi connectivity index (χ1) is 7.47. The Hall–Kier alpha value is -1.32. The molecule has 0 spiro atoms. The van der Waals surface area contributed by atoms with Crippen molar-refractivity contribution in [3.8, 4) is 0 Å². The lowest BCUT2D eigenvalue weighted by atomic mass is 10.0. The largest absolute Gasteiger partial charge is 0.416 e. The Balaban J connectivity index is 2.09. The van der Waals surface area contributed by atoms with Gasteiger partial charge in [0.25, 0.3) is 0 Å². The third kappa shape index (κ3) is 2.62. The Labute approximate surface area is 91.3 Å². The van der Waals surface area contributed by atoms with Gasteiger partial charge in [0.15, 0.2) is 5.78 Å². The minimum Gasteiger partial charge on any atom is -0.294 e. The van der Waals surface area contributed by atoms with Gasteiger partial charge in [-0.15, -0.1) is 0 Å². The molecule has 0 saturated heterocycles. The highest BCUT2D eigenvalue weighted by Gasteiger charge is 2.30. The molecule has 2 rings (SSSR count). The van der Waals surface area contributed by atoms with Crippen LogP contribution in [-0.4, -0.2) is 5.78 Å². The fourth-order valence-electron chi connectivity index (χ4n) is 1.55. The molecule has 0 bridgehead atoms. The molecule has 0 amide bonds. The van der Waals surface area contributed by atoms with Crippen LogP contribution < -0.4 is 0 Å². The van der Waals surface area contributed by atoms with Crippen molar-refractivity contribution in [3.63, 3.8) is 0 Å². The fourth-order valence-corrected chi connectivity index (χ4v) is 1.55. The first kappa shape index (κ1) is 11.2. The average Bonchev–Trinajstić information content (AvgIpc) is 3.00. The second-order valence-corrected chi connectivity index (χ2v) is 4.15. The van der Waals surface area contributed by atoms with E-state index >= 15 is 0 Å². The Morgan fingerprint density at radius 3 is 2.19 bits per heavy atom. The molecule has 1 aliphatic carbocycles. The fraction of sp³-hybridized carbons (Fsp3) is 0.417. The Kier molecular flexibility index (Phi) is 2.74. The highest BCUT2D eigenvalue weighted by Crippen LogP contribution is 2.34. The molecule has 0 N–H and O–H groups in total. The van der Waals surface area contributed by atoms with Gasteiger partial charge in [-0.2, -0.15) is 13.2 Å². The topological polar surface area (TPSA) is 17.1 Å². The van der Waals surface area contributed by atoms with Gasteiger partial charge in [0.1, 0.15) is 0 Å². The van der Waals surface area contributed by atoms with E-state index in [1.165, 1.54) is 12.1 Å². The van der Waals surface area contributed by atoms with E-state index < -0.39 is 11.7 Å². The van der Waals surface area contributed by atoms with Crippen LogP contribution in [0, 0.1) is 5.92 Å². The maximum atomic E-state index is 12.3. The number of carbonyl (C=O) groups excluding carboxylic acids is 1. The lowest BCUT2D eigenvalue weighted by Gasteiger charge is -2.06. The molecule has 4 heteroatoms. The number of hydrogen-bond acceptors (Lipinski definition) is 1. The maximum absolute atomic E-state index is 12.3. The van der Waals surface area contributed by atoms with Crippen LogP contribution in [0.3, 0.4) is 0 Å². The predicted molar refractivity (Wildman–Crippen MR) is 53.1 cm³/mol. The molecule has 0 unspecified atom stereocenters. The first-order valence-corrected chi connectivity index (χ1v) is 5.17. The summed E-state index contributed by atoms with van der Waals surface area (Å²) in [4.78, 5) is 11.6. The molecule has 1 saturated carbocycles. The van der Waals surface area contributed by atoms with E-state index in [0.29, 0.717) is 17.9 Å². The normalized spacial score (nSPS) is 16.2. The van der Waals surface area contributed by atoms with Crippen LogP contribution in [0.25, 0.3) is 0 Å². The molecule has 0 aliphatic heterocycles. The number of rotatable bonds is 3. The van der Waals surface area contributed by atoms with Crippen molar-refractivity contribution in [1.82, 2.24) is 0 Å². The van der Waals surface area contributed by atoms with Crippen LogP contribution in [0.1, 0.15) is 35.2 Å². The SMILES string of the molecule is O=C(CC1CC1)c1ccc(C(F)(F)F)cc1. The van der Waals surface area contributed by atoms with Gasteiger partial charge < -0.3 is 0 Å². The van der Waals surface area contributed by atoms with Gasteiger partial charge in [0.2, 0.25) is 0 Å². The molecule has 0 aromatic heterocycles. The van der Waals surface area contributed by atoms with Gasteiger partial charge >= 0.3 is 6.18 Å². The second kappa shape index (κ2) is 3.92. The molecule has 86 valence electrons. The summed E-state index contributed by atoms with van der Waals surface area (Å²) in [6.45, 7) is 0. The molecular weight excluding hydrogens is 217 g/mol. The monoisotopic (exact) mass is 228 g/mol. The smallest absolute Gasteiger partial charge is 0.294 e. The van der Waals surface area contributed by atoms with E-state index in [1.54, 1.807) is 0 Å². The third-order valence-electron chi connectivity index (χ3n) is 2.71. The van der Waals surface area contributed by atoms with Crippen molar-refractivity contribution in [2.45, 2.75) is 25.4 Å². The van der Waals surface area contributed by atoms with Crippen LogP contribution in [0.2, 0.25) is 0 Å². The minimum atomic E-state index is -4.34. The average molecular weight is 228 g/mol. The van der Waals surface area contributed by atoms with Crippen LogP contribution in [-0.2, 0) is 6.18 Å². The van der Waals surface area contributed by atoms with Crippen molar-refractivity contribution in [3.05, 3.63) is 35.4 Å². The highest BCUT2D eigenvalue weighted by molar-refractivity contribution is 5.96. The zero-order chi connectivity index (χ0) is 11.8. The lowest BCUT2D eigenvalue weighted by molar-refractivity contribution is -0.137. The number of carbonyl (C=O) groups is 1.